The second-order valence-corrected chi connectivity index (χ2v) is 13.4. The lowest BCUT2D eigenvalue weighted by molar-refractivity contribution is 0.123. The van der Waals surface area contributed by atoms with E-state index in [9.17, 15) is 0 Å². The lowest BCUT2D eigenvalue weighted by atomic mass is 9.68. The zero-order chi connectivity index (χ0) is 21.0. The third-order valence-electron chi connectivity index (χ3n) is 11.8. The summed E-state index contributed by atoms with van der Waals surface area (Å²) < 4.78 is 0. The average molecular weight is 427 g/mol. The predicted octanol–water partition coefficient (Wildman–Crippen LogP) is 9.81. The normalized spacial score (nSPS) is 38.8. The summed E-state index contributed by atoms with van der Waals surface area (Å²) in [6.45, 7) is 2.71. The highest BCUT2D eigenvalue weighted by Crippen LogP contribution is 2.54. The van der Waals surface area contributed by atoms with Gasteiger partial charge >= 0.3 is 0 Å². The smallest absolute Gasteiger partial charge is 0.0352 e. The van der Waals surface area contributed by atoms with Gasteiger partial charge in [-0.15, -0.1) is 0 Å². The molecule has 0 saturated heterocycles. The molecule has 31 heavy (non-hydrogen) atoms. The minimum absolute atomic E-state index is 1.02. The van der Waals surface area contributed by atoms with E-state index in [1.807, 2.05) is 0 Å². The predicted molar refractivity (Wildman–Crippen MR) is 134 cm³/mol. The van der Waals surface area contributed by atoms with Crippen LogP contribution in [-0.4, -0.2) is 0 Å². The van der Waals surface area contributed by atoms with Crippen LogP contribution >= 0.6 is 0 Å². The summed E-state index contributed by atoms with van der Waals surface area (Å²) in [6.07, 6.45) is 32.9. The van der Waals surface area contributed by atoms with Crippen LogP contribution in [0, 0.1) is 53.3 Å². The molecule has 0 N–H and O–H groups in total. The average Bonchev–Trinajstić information content (AvgIpc) is 3.59. The Balaban J connectivity index is 1.10. The van der Waals surface area contributed by atoms with Gasteiger partial charge in [-0.25, -0.2) is 0 Å². The Kier molecular flexibility index (Phi) is 8.05. The summed E-state index contributed by atoms with van der Waals surface area (Å²) >= 11 is 0. The molecule has 5 saturated carbocycles. The molecule has 5 fully saturated rings. The van der Waals surface area contributed by atoms with Gasteiger partial charge in [-0.05, 0) is 85.4 Å². The van der Waals surface area contributed by atoms with Crippen LogP contribution in [0.4, 0.5) is 0 Å². The van der Waals surface area contributed by atoms with E-state index < -0.39 is 0 Å². The molecule has 0 spiro atoms. The number of rotatable bonds is 10. The van der Waals surface area contributed by atoms with Crippen LogP contribution in [0.25, 0.3) is 0 Å². The summed E-state index contributed by atoms with van der Waals surface area (Å²) in [4.78, 5) is 0. The van der Waals surface area contributed by atoms with E-state index in [4.69, 9.17) is 0 Å². The van der Waals surface area contributed by atoms with E-state index in [0.717, 1.165) is 53.3 Å². The molecule has 7 unspecified atom stereocenters. The summed E-state index contributed by atoms with van der Waals surface area (Å²) in [7, 11) is 0. The van der Waals surface area contributed by atoms with Crippen molar-refractivity contribution in [3.05, 3.63) is 0 Å². The molecule has 5 aliphatic rings. The Hall–Kier alpha value is 0. The largest absolute Gasteiger partial charge is 0.0620 e. The fraction of sp³-hybridized carbons (Fsp3) is 1.00. The second-order valence-electron chi connectivity index (χ2n) is 13.4. The first-order valence-corrected chi connectivity index (χ1v) is 15.3. The fourth-order valence-electron chi connectivity index (χ4n) is 9.96. The van der Waals surface area contributed by atoms with Crippen LogP contribution in [0.15, 0.2) is 0 Å². The van der Waals surface area contributed by atoms with Gasteiger partial charge in [-0.1, -0.05) is 110 Å². The minimum atomic E-state index is 1.02. The second kappa shape index (κ2) is 11.0. The van der Waals surface area contributed by atoms with E-state index in [1.54, 1.807) is 109 Å². The monoisotopic (exact) mass is 426 g/mol. The highest BCUT2D eigenvalue weighted by molar-refractivity contribution is 4.95. The molecular weight excluding hydrogens is 372 g/mol. The molecule has 0 heteroatoms. The van der Waals surface area contributed by atoms with Gasteiger partial charge in [0.25, 0.3) is 0 Å². The third kappa shape index (κ3) is 5.57. The van der Waals surface area contributed by atoms with E-state index in [0.29, 0.717) is 0 Å². The van der Waals surface area contributed by atoms with E-state index >= 15 is 0 Å². The molecule has 0 amide bonds. The van der Waals surface area contributed by atoms with Crippen LogP contribution in [-0.2, 0) is 0 Å². The number of hydrogen-bond acceptors (Lipinski definition) is 0. The first-order chi connectivity index (χ1) is 15.3. The highest BCUT2D eigenvalue weighted by Gasteiger charge is 2.45. The quantitative estimate of drug-likeness (QED) is 0.326. The van der Waals surface area contributed by atoms with Gasteiger partial charge in [0.15, 0.2) is 0 Å². The van der Waals surface area contributed by atoms with Crippen molar-refractivity contribution in [3.63, 3.8) is 0 Å². The van der Waals surface area contributed by atoms with E-state index in [2.05, 4.69) is 6.92 Å². The van der Waals surface area contributed by atoms with Gasteiger partial charge in [0.1, 0.15) is 0 Å². The standard InChI is InChI=1S/C31H54/c1-23(27-12-4-5-13-27)29(31-21-19-28-14-7-15-30(28)31)20-18-26-17-16-25(22-26)11-6-10-24-8-2-3-9-24/h23-31H,2-22H2,1H3. The Morgan fingerprint density at radius 2 is 1.32 bits per heavy atom. The summed E-state index contributed by atoms with van der Waals surface area (Å²) in [6, 6.07) is 0. The fourth-order valence-corrected chi connectivity index (χ4v) is 9.96. The molecule has 178 valence electrons. The van der Waals surface area contributed by atoms with Crippen molar-refractivity contribution in [3.8, 4) is 0 Å². The molecule has 0 bridgehead atoms. The Morgan fingerprint density at radius 3 is 2.13 bits per heavy atom. The van der Waals surface area contributed by atoms with Crippen molar-refractivity contribution in [1.29, 1.82) is 0 Å². The van der Waals surface area contributed by atoms with Gasteiger partial charge < -0.3 is 0 Å². The topological polar surface area (TPSA) is 0 Å². The molecule has 0 aliphatic heterocycles. The Morgan fingerprint density at radius 1 is 0.613 bits per heavy atom. The number of fused-ring (bicyclic) bond motifs is 1. The molecule has 0 heterocycles. The van der Waals surface area contributed by atoms with Gasteiger partial charge in [0.05, 0.1) is 0 Å². The van der Waals surface area contributed by atoms with Gasteiger partial charge in [0, 0.05) is 0 Å². The first kappa shape index (κ1) is 22.8. The summed E-state index contributed by atoms with van der Waals surface area (Å²) in [5, 5.41) is 0. The maximum atomic E-state index is 2.71. The van der Waals surface area contributed by atoms with Gasteiger partial charge in [-0.3, -0.25) is 0 Å². The lowest BCUT2D eigenvalue weighted by Crippen LogP contribution is -2.29. The first-order valence-electron chi connectivity index (χ1n) is 15.3. The summed E-state index contributed by atoms with van der Waals surface area (Å²) in [5.74, 6) is 9.89. The van der Waals surface area contributed by atoms with Gasteiger partial charge in [-0.2, -0.15) is 0 Å². The Labute approximate surface area is 195 Å². The molecule has 0 nitrogen and oxygen atoms in total. The van der Waals surface area contributed by atoms with Crippen LogP contribution in [0.3, 0.4) is 0 Å². The van der Waals surface area contributed by atoms with Crippen molar-refractivity contribution in [1.82, 2.24) is 0 Å². The molecule has 5 rings (SSSR count). The van der Waals surface area contributed by atoms with Crippen LogP contribution in [0.2, 0.25) is 0 Å². The van der Waals surface area contributed by atoms with E-state index in [1.165, 1.54) is 25.7 Å². The van der Waals surface area contributed by atoms with Crippen LogP contribution < -0.4 is 0 Å². The minimum Gasteiger partial charge on any atom is -0.0620 e. The van der Waals surface area contributed by atoms with E-state index in [-0.39, 0.29) is 0 Å². The van der Waals surface area contributed by atoms with Crippen LogP contribution in [0.5, 0.6) is 0 Å². The van der Waals surface area contributed by atoms with Crippen LogP contribution in [0.1, 0.15) is 142 Å². The Bertz CT molecular complexity index is 524. The molecule has 0 aromatic carbocycles. The third-order valence-corrected chi connectivity index (χ3v) is 11.8. The van der Waals surface area contributed by atoms with Gasteiger partial charge in [0.2, 0.25) is 0 Å². The van der Waals surface area contributed by atoms with Crippen molar-refractivity contribution in [2.75, 3.05) is 0 Å². The van der Waals surface area contributed by atoms with Crippen molar-refractivity contribution in [2.45, 2.75) is 142 Å². The van der Waals surface area contributed by atoms with Crippen molar-refractivity contribution in [2.24, 2.45) is 53.3 Å². The maximum absolute atomic E-state index is 2.71. The molecule has 0 aromatic heterocycles. The summed E-state index contributed by atoms with van der Waals surface area (Å²) in [5.41, 5.74) is 0. The zero-order valence-corrected chi connectivity index (χ0v) is 21.0. The molecule has 5 aliphatic carbocycles. The number of hydrogen-bond donors (Lipinski definition) is 0. The SMILES string of the molecule is CC(C1CCCC1)C(CCC1CCC(CCCC2CCCC2)C1)C1CCC2CCCC21. The molecular formula is C31H54. The molecule has 0 aromatic rings. The molecule has 7 atom stereocenters. The van der Waals surface area contributed by atoms with Crippen molar-refractivity contribution < 1.29 is 0 Å². The maximum Gasteiger partial charge on any atom is -0.0352 e. The molecule has 0 radical (unpaired) electrons. The highest BCUT2D eigenvalue weighted by atomic mass is 14.5. The van der Waals surface area contributed by atoms with Crippen molar-refractivity contribution >= 4 is 0 Å². The zero-order valence-electron chi connectivity index (χ0n) is 21.0. The lowest BCUT2D eigenvalue weighted by Gasteiger charge is -2.37.